The topological polar surface area (TPSA) is 32.3 Å². The van der Waals surface area contributed by atoms with E-state index in [1.54, 1.807) is 17.4 Å². The van der Waals surface area contributed by atoms with E-state index in [0.717, 1.165) is 37.2 Å². The first-order valence-corrected chi connectivity index (χ1v) is 10.4. The molecule has 0 bridgehead atoms. The maximum absolute atomic E-state index is 13.5. The van der Waals surface area contributed by atoms with Crippen LogP contribution in [0.15, 0.2) is 52.5 Å². The minimum Gasteiger partial charge on any atom is -0.347 e. The first kappa shape index (κ1) is 17.4. The van der Waals surface area contributed by atoms with Gasteiger partial charge in [0, 0.05) is 31.2 Å². The van der Waals surface area contributed by atoms with E-state index in [-0.39, 0.29) is 17.8 Å². The van der Waals surface area contributed by atoms with Crippen LogP contribution in [-0.2, 0) is 6.54 Å². The summed E-state index contributed by atoms with van der Waals surface area (Å²) in [6, 6.07) is 10.6. The van der Waals surface area contributed by atoms with Crippen molar-refractivity contribution >= 4 is 28.6 Å². The number of amides is 1. The van der Waals surface area contributed by atoms with Crippen LogP contribution < -0.4 is 5.32 Å². The van der Waals surface area contributed by atoms with E-state index in [0.29, 0.717) is 4.88 Å². The van der Waals surface area contributed by atoms with Gasteiger partial charge in [0.25, 0.3) is 5.91 Å². The summed E-state index contributed by atoms with van der Waals surface area (Å²) in [6.45, 7) is 2.79. The molecular weight excluding hydrogens is 367 g/mol. The van der Waals surface area contributed by atoms with E-state index in [1.807, 2.05) is 17.5 Å². The molecule has 1 aromatic carbocycles. The summed E-state index contributed by atoms with van der Waals surface area (Å²) in [5, 5.41) is 9.30. The number of carbonyl (C=O) groups excluding carboxylic acids is 1. The van der Waals surface area contributed by atoms with Gasteiger partial charge in [-0.3, -0.25) is 9.69 Å². The van der Waals surface area contributed by atoms with Crippen LogP contribution >= 0.6 is 22.7 Å². The number of carbonyl (C=O) groups is 1. The van der Waals surface area contributed by atoms with Gasteiger partial charge in [0.2, 0.25) is 0 Å². The number of hydrogen-bond donors (Lipinski definition) is 1. The van der Waals surface area contributed by atoms with Gasteiger partial charge in [-0.25, -0.2) is 4.39 Å². The second-order valence-electron chi connectivity index (χ2n) is 6.50. The summed E-state index contributed by atoms with van der Waals surface area (Å²) in [5.74, 6) is -0.360. The van der Waals surface area contributed by atoms with Crippen molar-refractivity contribution in [3.63, 3.8) is 0 Å². The average molecular weight is 387 g/mol. The summed E-state index contributed by atoms with van der Waals surface area (Å²) in [4.78, 5) is 15.8. The van der Waals surface area contributed by atoms with Gasteiger partial charge in [0.15, 0.2) is 0 Å². The molecule has 1 saturated heterocycles. The Kier molecular flexibility index (Phi) is 5.15. The monoisotopic (exact) mass is 386 g/mol. The molecule has 6 heteroatoms. The van der Waals surface area contributed by atoms with Crippen LogP contribution in [0, 0.1) is 5.82 Å². The van der Waals surface area contributed by atoms with Gasteiger partial charge >= 0.3 is 0 Å². The van der Waals surface area contributed by atoms with Crippen LogP contribution in [0.2, 0.25) is 0 Å². The first-order valence-electron chi connectivity index (χ1n) is 8.57. The molecule has 1 unspecified atom stereocenters. The highest BCUT2D eigenvalue weighted by Gasteiger charge is 2.25. The number of hydrogen-bond acceptors (Lipinski definition) is 4. The smallest absolute Gasteiger partial charge is 0.262 e. The lowest BCUT2D eigenvalue weighted by atomic mass is 10.1. The third kappa shape index (κ3) is 3.87. The molecule has 0 spiro atoms. The summed E-state index contributed by atoms with van der Waals surface area (Å²) < 4.78 is 13.5. The Morgan fingerprint density at radius 1 is 1.27 bits per heavy atom. The van der Waals surface area contributed by atoms with Crippen LogP contribution in [0.25, 0.3) is 11.1 Å². The van der Waals surface area contributed by atoms with Crippen molar-refractivity contribution in [1.29, 1.82) is 0 Å². The van der Waals surface area contributed by atoms with Crippen LogP contribution in [0.5, 0.6) is 0 Å². The van der Waals surface area contributed by atoms with E-state index in [9.17, 15) is 9.18 Å². The second-order valence-corrected chi connectivity index (χ2v) is 8.20. The van der Waals surface area contributed by atoms with Crippen LogP contribution in [0.1, 0.15) is 21.7 Å². The van der Waals surface area contributed by atoms with E-state index < -0.39 is 0 Å². The number of rotatable bonds is 5. The minimum atomic E-state index is -0.292. The molecule has 4 rings (SSSR count). The second kappa shape index (κ2) is 7.70. The third-order valence-electron chi connectivity index (χ3n) is 4.60. The van der Waals surface area contributed by atoms with Crippen molar-refractivity contribution in [3.8, 4) is 11.1 Å². The number of benzene rings is 1. The van der Waals surface area contributed by atoms with Crippen molar-refractivity contribution in [2.45, 2.75) is 19.0 Å². The Morgan fingerprint density at radius 2 is 2.19 bits per heavy atom. The molecule has 134 valence electrons. The first-order chi connectivity index (χ1) is 12.7. The third-order valence-corrected chi connectivity index (χ3v) is 6.25. The molecule has 3 heterocycles. The van der Waals surface area contributed by atoms with Crippen molar-refractivity contribution in [3.05, 3.63) is 68.8 Å². The molecule has 26 heavy (non-hydrogen) atoms. The Labute approximate surface area is 160 Å². The van der Waals surface area contributed by atoms with E-state index in [2.05, 4.69) is 27.0 Å². The predicted octanol–water partition coefficient (Wildman–Crippen LogP) is 4.62. The molecule has 1 aliphatic heterocycles. The van der Waals surface area contributed by atoms with Crippen LogP contribution in [0.4, 0.5) is 4.39 Å². The van der Waals surface area contributed by atoms with Crippen LogP contribution in [0.3, 0.4) is 0 Å². The van der Waals surface area contributed by atoms with Crippen molar-refractivity contribution in [2.75, 3.05) is 13.1 Å². The molecule has 1 N–H and O–H groups in total. The largest absolute Gasteiger partial charge is 0.347 e. The fraction of sp³-hybridized carbons (Fsp3) is 0.250. The minimum absolute atomic E-state index is 0.0679. The Balaban J connectivity index is 1.41. The number of nitrogens with one attached hydrogen (secondary N) is 1. The van der Waals surface area contributed by atoms with Crippen LogP contribution in [-0.4, -0.2) is 29.9 Å². The fourth-order valence-electron chi connectivity index (χ4n) is 3.35. The zero-order valence-electron chi connectivity index (χ0n) is 14.2. The summed E-state index contributed by atoms with van der Waals surface area (Å²) in [6.07, 6.45) is 0.955. The SMILES string of the molecule is O=C(NC1CCN(Cc2ccsc2)C1)c1sccc1-c1cccc(F)c1. The maximum Gasteiger partial charge on any atom is 0.262 e. The Hall–Kier alpha value is -2.02. The molecular formula is C20H19FN2OS2. The molecule has 1 amide bonds. The summed E-state index contributed by atoms with van der Waals surface area (Å²) in [7, 11) is 0. The highest BCUT2D eigenvalue weighted by Crippen LogP contribution is 2.29. The zero-order chi connectivity index (χ0) is 17.9. The van der Waals surface area contributed by atoms with Gasteiger partial charge in [-0.05, 0) is 58.0 Å². The van der Waals surface area contributed by atoms with Gasteiger partial charge in [0.05, 0.1) is 4.88 Å². The Bertz CT molecular complexity index is 891. The van der Waals surface area contributed by atoms with Crippen molar-refractivity contribution < 1.29 is 9.18 Å². The van der Waals surface area contributed by atoms with Crippen molar-refractivity contribution in [2.24, 2.45) is 0 Å². The lowest BCUT2D eigenvalue weighted by Crippen LogP contribution is -2.36. The molecule has 0 aliphatic carbocycles. The molecule has 2 aromatic heterocycles. The van der Waals surface area contributed by atoms with Gasteiger partial charge in [-0.2, -0.15) is 11.3 Å². The molecule has 1 fully saturated rings. The lowest BCUT2D eigenvalue weighted by Gasteiger charge is -2.16. The average Bonchev–Trinajstić information content (AvgIpc) is 3.36. The quantitative estimate of drug-likeness (QED) is 0.694. The number of halogens is 1. The Morgan fingerprint density at radius 3 is 3.00 bits per heavy atom. The molecule has 0 radical (unpaired) electrons. The number of likely N-dealkylation sites (tertiary alicyclic amines) is 1. The molecule has 3 aromatic rings. The summed E-state index contributed by atoms with van der Waals surface area (Å²) in [5.41, 5.74) is 2.86. The normalized spacial score (nSPS) is 17.5. The van der Waals surface area contributed by atoms with Gasteiger partial charge in [0.1, 0.15) is 5.82 Å². The van der Waals surface area contributed by atoms with Gasteiger partial charge < -0.3 is 5.32 Å². The van der Waals surface area contributed by atoms with E-state index in [4.69, 9.17) is 0 Å². The maximum atomic E-state index is 13.5. The predicted molar refractivity (Wildman–Crippen MR) is 105 cm³/mol. The number of thiophene rings is 2. The fourth-order valence-corrected chi connectivity index (χ4v) is 4.83. The molecule has 3 nitrogen and oxygen atoms in total. The lowest BCUT2D eigenvalue weighted by molar-refractivity contribution is 0.0942. The zero-order valence-corrected chi connectivity index (χ0v) is 15.8. The van der Waals surface area contributed by atoms with E-state index >= 15 is 0 Å². The van der Waals surface area contributed by atoms with Gasteiger partial charge in [-0.15, -0.1) is 11.3 Å². The molecule has 1 atom stereocenters. The van der Waals surface area contributed by atoms with Gasteiger partial charge in [-0.1, -0.05) is 12.1 Å². The number of nitrogens with zero attached hydrogens (tertiary/aromatic N) is 1. The van der Waals surface area contributed by atoms with E-state index in [1.165, 1.54) is 29.0 Å². The molecule has 0 saturated carbocycles. The van der Waals surface area contributed by atoms with Crippen molar-refractivity contribution in [1.82, 2.24) is 10.2 Å². The standard InChI is InChI=1S/C20H19FN2OS2/c21-16-3-1-2-15(10-16)18-6-9-26-19(18)20(24)22-17-4-7-23(12-17)11-14-5-8-25-13-14/h1-3,5-6,8-10,13,17H,4,7,11-12H2,(H,22,24). The summed E-state index contributed by atoms with van der Waals surface area (Å²) >= 11 is 3.11. The highest BCUT2D eigenvalue weighted by atomic mass is 32.1. The molecule has 1 aliphatic rings. The highest BCUT2D eigenvalue weighted by molar-refractivity contribution is 7.12.